The molecule has 0 fully saturated rings. The summed E-state index contributed by atoms with van der Waals surface area (Å²) >= 11 is 0. The van der Waals surface area contributed by atoms with E-state index >= 15 is 0 Å². The standard InChI is InChI=1S/C22H12F12N2/c23-19(24,25)15-5-9(35)1-3-11(15)13-7-18(22(32,33)34)14(8-17(13)21(29,30)31)12-4-2-10(36)6-16(12)20(26,27)28/h1-8H,35-36H2/i1D,2D,3D,4D,5D,6D,7D,8D. The normalized spacial score (nSPS) is 16.3. The van der Waals surface area contributed by atoms with Crippen molar-refractivity contribution in [2.75, 3.05) is 11.5 Å². The molecule has 0 saturated carbocycles. The lowest BCUT2D eigenvalue weighted by Gasteiger charge is -2.23. The molecule has 3 rings (SSSR count). The Bertz CT molecular complexity index is 1590. The van der Waals surface area contributed by atoms with E-state index in [4.69, 9.17) is 22.4 Å². The number of halogens is 12. The van der Waals surface area contributed by atoms with Gasteiger partial charge in [-0.1, -0.05) is 12.1 Å². The number of benzene rings is 3. The SMILES string of the molecule is [2H]c1c([2H])c(-c2c([2H])c(C(F)(F)F)c(-c3c([2H])c([2H])c(N)c([2H])c3C(F)(F)F)c([2H])c2C(F)(F)F)c(C(F)(F)F)c([2H])c1N. The number of nitrogen functional groups attached to an aromatic ring is 2. The van der Waals surface area contributed by atoms with Gasteiger partial charge in [0.1, 0.15) is 0 Å². The highest BCUT2D eigenvalue weighted by Crippen LogP contribution is 2.50. The Labute approximate surface area is 205 Å². The lowest BCUT2D eigenvalue weighted by Crippen LogP contribution is -2.16. The maximum absolute atomic E-state index is 14.5. The summed E-state index contributed by atoms with van der Waals surface area (Å²) in [5, 5.41) is 0. The molecule has 4 N–H and O–H groups in total. The minimum Gasteiger partial charge on any atom is -0.399 e. The van der Waals surface area contributed by atoms with E-state index < -0.39 is 129 Å². The molecule has 0 spiro atoms. The number of nitrogens with two attached hydrogens (primary N) is 2. The first-order chi connectivity index (χ1) is 19.6. The maximum Gasteiger partial charge on any atom is 0.417 e. The maximum atomic E-state index is 14.5. The van der Waals surface area contributed by atoms with Gasteiger partial charge in [0.25, 0.3) is 0 Å². The van der Waals surface area contributed by atoms with E-state index in [-0.39, 0.29) is 0 Å². The third-order valence-corrected chi connectivity index (χ3v) is 4.30. The summed E-state index contributed by atoms with van der Waals surface area (Å²) in [6.45, 7) is 0. The van der Waals surface area contributed by atoms with E-state index in [0.29, 0.717) is 0 Å². The third-order valence-electron chi connectivity index (χ3n) is 4.30. The van der Waals surface area contributed by atoms with Crippen LogP contribution in [0.25, 0.3) is 22.3 Å². The van der Waals surface area contributed by atoms with Crippen LogP contribution in [0.15, 0.2) is 48.3 Å². The fraction of sp³-hybridized carbons (Fsp3) is 0.182. The number of anilines is 2. The summed E-state index contributed by atoms with van der Waals surface area (Å²) in [6.07, 6.45) is -24.6. The Hall–Kier alpha value is -3.58. The van der Waals surface area contributed by atoms with E-state index in [2.05, 4.69) is 0 Å². The molecule has 3 aromatic rings. The molecule has 36 heavy (non-hydrogen) atoms. The van der Waals surface area contributed by atoms with Gasteiger partial charge in [0, 0.05) is 11.4 Å². The summed E-state index contributed by atoms with van der Waals surface area (Å²) in [7, 11) is 0. The molecule has 0 heterocycles. The van der Waals surface area contributed by atoms with Crippen LogP contribution in [0.1, 0.15) is 33.2 Å². The zero-order chi connectivity index (χ0) is 34.4. The molecule has 0 aliphatic heterocycles. The summed E-state index contributed by atoms with van der Waals surface area (Å²) in [6, 6.07) is -16.5. The van der Waals surface area contributed by atoms with Crippen molar-refractivity contribution in [3.8, 4) is 22.3 Å². The molecule has 0 saturated heterocycles. The lowest BCUT2D eigenvalue weighted by atomic mass is 9.86. The first-order valence-corrected chi connectivity index (χ1v) is 8.85. The zero-order valence-electron chi connectivity index (χ0n) is 24.7. The number of hydrogen-bond acceptors (Lipinski definition) is 2. The fourth-order valence-corrected chi connectivity index (χ4v) is 2.94. The molecule has 194 valence electrons. The minimum absolute atomic E-state index is 1.45. The van der Waals surface area contributed by atoms with Gasteiger partial charge in [-0.15, -0.1) is 0 Å². The van der Waals surface area contributed by atoms with Crippen LogP contribution in [-0.4, -0.2) is 0 Å². The molecule has 0 aliphatic rings. The lowest BCUT2D eigenvalue weighted by molar-refractivity contribution is -0.141. The van der Waals surface area contributed by atoms with Crippen LogP contribution in [0.2, 0.25) is 0 Å². The zero-order valence-corrected chi connectivity index (χ0v) is 16.7. The molecule has 0 unspecified atom stereocenters. The Morgan fingerprint density at radius 1 is 0.417 bits per heavy atom. The van der Waals surface area contributed by atoms with Gasteiger partial charge in [-0.3, -0.25) is 0 Å². The van der Waals surface area contributed by atoms with Crippen molar-refractivity contribution in [2.24, 2.45) is 0 Å². The van der Waals surface area contributed by atoms with Gasteiger partial charge in [0.05, 0.1) is 33.2 Å². The topological polar surface area (TPSA) is 52.0 Å². The van der Waals surface area contributed by atoms with Crippen molar-refractivity contribution in [1.29, 1.82) is 0 Å². The molecule has 0 aliphatic carbocycles. The molecule has 0 bridgehead atoms. The molecule has 0 atom stereocenters. The monoisotopic (exact) mass is 540 g/mol. The first-order valence-electron chi connectivity index (χ1n) is 12.8. The van der Waals surface area contributed by atoms with Crippen molar-refractivity contribution in [3.63, 3.8) is 0 Å². The van der Waals surface area contributed by atoms with Crippen LogP contribution < -0.4 is 11.5 Å². The molecule has 0 radical (unpaired) electrons. The quantitative estimate of drug-likeness (QED) is 0.254. The van der Waals surface area contributed by atoms with Crippen molar-refractivity contribution in [1.82, 2.24) is 0 Å². The smallest absolute Gasteiger partial charge is 0.399 e. The highest BCUT2D eigenvalue weighted by Gasteiger charge is 2.44. The third kappa shape index (κ3) is 5.31. The van der Waals surface area contributed by atoms with E-state index in [1.807, 2.05) is 0 Å². The summed E-state index contributed by atoms with van der Waals surface area (Å²) in [5.74, 6) is 0. The molecule has 2 nitrogen and oxygen atoms in total. The predicted molar refractivity (Wildman–Crippen MR) is 106 cm³/mol. The molecule has 14 heteroatoms. The van der Waals surface area contributed by atoms with Crippen LogP contribution in [-0.2, 0) is 24.7 Å². The van der Waals surface area contributed by atoms with Gasteiger partial charge >= 0.3 is 24.7 Å². The number of alkyl halides is 12. The van der Waals surface area contributed by atoms with Crippen molar-refractivity contribution < 1.29 is 63.7 Å². The second-order valence-corrected chi connectivity index (χ2v) is 6.82. The largest absolute Gasteiger partial charge is 0.417 e. The fourth-order valence-electron chi connectivity index (χ4n) is 2.94. The van der Waals surface area contributed by atoms with Gasteiger partial charge in [-0.25, -0.2) is 0 Å². The highest BCUT2D eigenvalue weighted by atomic mass is 19.4. The summed E-state index contributed by atoms with van der Waals surface area (Å²) < 4.78 is 234. The molecular formula is C22H12F12N2. The Morgan fingerprint density at radius 3 is 0.917 bits per heavy atom. The van der Waals surface area contributed by atoms with Crippen LogP contribution in [0.4, 0.5) is 64.1 Å². The van der Waals surface area contributed by atoms with Gasteiger partial charge in [-0.2, -0.15) is 52.7 Å². The van der Waals surface area contributed by atoms with Gasteiger partial charge < -0.3 is 11.5 Å². The van der Waals surface area contributed by atoms with Crippen LogP contribution >= 0.6 is 0 Å². The van der Waals surface area contributed by atoms with E-state index in [9.17, 15) is 52.7 Å². The first kappa shape index (κ1) is 17.8. The average molecular weight is 540 g/mol. The molecule has 0 aromatic heterocycles. The average Bonchev–Trinajstić information content (AvgIpc) is 2.83. The second-order valence-electron chi connectivity index (χ2n) is 6.82. The van der Waals surface area contributed by atoms with Gasteiger partial charge in [0.15, 0.2) is 0 Å². The molecule has 3 aromatic carbocycles. The van der Waals surface area contributed by atoms with Crippen molar-refractivity contribution >= 4 is 11.4 Å². The summed E-state index contributed by atoms with van der Waals surface area (Å²) in [4.78, 5) is 0. The second kappa shape index (κ2) is 8.52. The molecule has 0 amide bonds. The van der Waals surface area contributed by atoms with E-state index in [1.165, 1.54) is 0 Å². The Kier molecular flexibility index (Phi) is 4.21. The Balaban J connectivity index is 2.92. The van der Waals surface area contributed by atoms with Gasteiger partial charge in [-0.05, 0) is 58.5 Å². The van der Waals surface area contributed by atoms with Crippen molar-refractivity contribution in [2.45, 2.75) is 24.7 Å². The highest BCUT2D eigenvalue weighted by molar-refractivity contribution is 5.82. The van der Waals surface area contributed by atoms with Crippen LogP contribution in [0, 0.1) is 0 Å². The minimum atomic E-state index is -6.29. The van der Waals surface area contributed by atoms with Crippen LogP contribution in [0.5, 0.6) is 0 Å². The van der Waals surface area contributed by atoms with Crippen molar-refractivity contribution in [3.05, 3.63) is 70.6 Å². The Morgan fingerprint density at radius 2 is 0.667 bits per heavy atom. The molecular weight excluding hydrogens is 520 g/mol. The summed E-state index contributed by atoms with van der Waals surface area (Å²) in [5.41, 5.74) is -13.4. The van der Waals surface area contributed by atoms with Gasteiger partial charge in [0.2, 0.25) is 0 Å². The number of rotatable bonds is 2. The van der Waals surface area contributed by atoms with E-state index in [0.717, 1.165) is 0 Å². The predicted octanol–water partition coefficient (Wildman–Crippen LogP) is 8.26. The van der Waals surface area contributed by atoms with Crippen LogP contribution in [0.3, 0.4) is 0 Å². The number of hydrogen-bond donors (Lipinski definition) is 2. The van der Waals surface area contributed by atoms with E-state index in [1.54, 1.807) is 0 Å².